The number of amides is 1. The van der Waals surface area contributed by atoms with E-state index < -0.39 is 0 Å². The van der Waals surface area contributed by atoms with Crippen molar-refractivity contribution in [2.75, 3.05) is 6.54 Å². The van der Waals surface area contributed by atoms with E-state index in [2.05, 4.69) is 24.4 Å². The molecule has 0 radical (unpaired) electrons. The lowest BCUT2D eigenvalue weighted by molar-refractivity contribution is -0.121. The highest BCUT2D eigenvalue weighted by molar-refractivity contribution is 7.11. The zero-order chi connectivity index (χ0) is 15.9. The summed E-state index contributed by atoms with van der Waals surface area (Å²) < 4.78 is 0. The summed E-state index contributed by atoms with van der Waals surface area (Å²) in [5, 5.41) is 21.5. The maximum atomic E-state index is 11.8. The van der Waals surface area contributed by atoms with E-state index in [9.17, 15) is 15.0 Å². The first-order valence-corrected chi connectivity index (χ1v) is 8.19. The van der Waals surface area contributed by atoms with Gasteiger partial charge in [0.1, 0.15) is 0 Å². The molecule has 2 aromatic rings. The standard InChI is InChI=1S/C17H21NO3S/c1-12-5-7-14(22-12)3-2-4-17(21)18-10-9-13-6-8-15(19)16(20)11-13/h5-8,11,19-20H,2-4,9-10H2,1H3,(H,18,21). The number of hydrogen-bond donors (Lipinski definition) is 3. The number of thiophene rings is 1. The van der Waals surface area contributed by atoms with Gasteiger partial charge in [-0.2, -0.15) is 0 Å². The molecule has 3 N–H and O–H groups in total. The van der Waals surface area contributed by atoms with Gasteiger partial charge < -0.3 is 15.5 Å². The van der Waals surface area contributed by atoms with Crippen LogP contribution in [0.1, 0.15) is 28.2 Å². The van der Waals surface area contributed by atoms with Crippen molar-refractivity contribution in [1.29, 1.82) is 0 Å². The van der Waals surface area contributed by atoms with Crippen LogP contribution in [0.5, 0.6) is 11.5 Å². The number of aryl methyl sites for hydroxylation is 2. The van der Waals surface area contributed by atoms with Crippen LogP contribution < -0.4 is 5.32 Å². The molecule has 0 aliphatic carbocycles. The van der Waals surface area contributed by atoms with Gasteiger partial charge in [0.05, 0.1) is 0 Å². The Morgan fingerprint density at radius 3 is 2.64 bits per heavy atom. The Kier molecular flexibility index (Phi) is 5.83. The number of phenols is 2. The summed E-state index contributed by atoms with van der Waals surface area (Å²) in [7, 11) is 0. The van der Waals surface area contributed by atoms with E-state index in [-0.39, 0.29) is 17.4 Å². The molecule has 2 rings (SSSR count). The Hall–Kier alpha value is -2.01. The van der Waals surface area contributed by atoms with Gasteiger partial charge in [-0.1, -0.05) is 6.07 Å². The highest BCUT2D eigenvalue weighted by atomic mass is 32.1. The van der Waals surface area contributed by atoms with Gasteiger partial charge in [0, 0.05) is 22.7 Å². The first kappa shape index (κ1) is 16.4. The van der Waals surface area contributed by atoms with Crippen LogP contribution in [0.25, 0.3) is 0 Å². The molecule has 0 spiro atoms. The van der Waals surface area contributed by atoms with Crippen LogP contribution in [0.3, 0.4) is 0 Å². The Morgan fingerprint density at radius 2 is 1.95 bits per heavy atom. The predicted molar refractivity (Wildman–Crippen MR) is 88.5 cm³/mol. The Balaban J connectivity index is 1.64. The maximum absolute atomic E-state index is 11.8. The smallest absolute Gasteiger partial charge is 0.220 e. The van der Waals surface area contributed by atoms with E-state index in [0.29, 0.717) is 19.4 Å². The van der Waals surface area contributed by atoms with Gasteiger partial charge in [0.2, 0.25) is 5.91 Å². The predicted octanol–water partition coefficient (Wildman–Crippen LogP) is 3.15. The lowest BCUT2D eigenvalue weighted by atomic mass is 10.1. The van der Waals surface area contributed by atoms with Crippen molar-refractivity contribution in [3.05, 3.63) is 45.6 Å². The summed E-state index contributed by atoms with van der Waals surface area (Å²) in [6, 6.07) is 8.93. The molecule has 22 heavy (non-hydrogen) atoms. The second-order valence-electron chi connectivity index (χ2n) is 5.29. The second kappa shape index (κ2) is 7.84. The lowest BCUT2D eigenvalue weighted by Gasteiger charge is -2.06. The first-order valence-electron chi connectivity index (χ1n) is 7.37. The van der Waals surface area contributed by atoms with Crippen molar-refractivity contribution in [2.24, 2.45) is 0 Å². The topological polar surface area (TPSA) is 69.6 Å². The minimum Gasteiger partial charge on any atom is -0.504 e. The van der Waals surface area contributed by atoms with Crippen molar-refractivity contribution in [2.45, 2.75) is 32.6 Å². The SMILES string of the molecule is Cc1ccc(CCCC(=O)NCCc2ccc(O)c(O)c2)s1. The molecule has 1 aromatic carbocycles. The minimum atomic E-state index is -0.130. The molecular formula is C17H21NO3S. The van der Waals surface area contributed by atoms with Crippen LogP contribution in [0, 0.1) is 6.92 Å². The summed E-state index contributed by atoms with van der Waals surface area (Å²) in [6.07, 6.45) is 2.95. The fourth-order valence-electron chi connectivity index (χ4n) is 2.20. The number of benzene rings is 1. The van der Waals surface area contributed by atoms with Crippen molar-refractivity contribution in [3.8, 4) is 11.5 Å². The Labute approximate surface area is 134 Å². The van der Waals surface area contributed by atoms with Crippen LogP contribution >= 0.6 is 11.3 Å². The molecule has 1 aromatic heterocycles. The molecule has 0 atom stereocenters. The number of rotatable bonds is 7. The molecule has 0 bridgehead atoms. The molecule has 0 saturated carbocycles. The zero-order valence-electron chi connectivity index (χ0n) is 12.6. The zero-order valence-corrected chi connectivity index (χ0v) is 13.4. The first-order chi connectivity index (χ1) is 10.5. The average molecular weight is 319 g/mol. The van der Waals surface area contributed by atoms with Crippen molar-refractivity contribution in [1.82, 2.24) is 5.32 Å². The molecule has 0 unspecified atom stereocenters. The Morgan fingerprint density at radius 1 is 1.14 bits per heavy atom. The van der Waals surface area contributed by atoms with Gasteiger partial charge >= 0.3 is 0 Å². The van der Waals surface area contributed by atoms with Crippen LogP contribution in [0.15, 0.2) is 30.3 Å². The van der Waals surface area contributed by atoms with Gasteiger partial charge in [-0.3, -0.25) is 4.79 Å². The minimum absolute atomic E-state index is 0.0521. The highest BCUT2D eigenvalue weighted by Gasteiger charge is 2.04. The summed E-state index contributed by atoms with van der Waals surface area (Å²) in [6.45, 7) is 2.61. The van der Waals surface area contributed by atoms with Gasteiger partial charge in [0.25, 0.3) is 0 Å². The van der Waals surface area contributed by atoms with E-state index >= 15 is 0 Å². The summed E-state index contributed by atoms with van der Waals surface area (Å²) in [4.78, 5) is 14.4. The van der Waals surface area contributed by atoms with Crippen LogP contribution in [-0.2, 0) is 17.6 Å². The Bertz CT molecular complexity index is 637. The average Bonchev–Trinajstić information content (AvgIpc) is 2.88. The quantitative estimate of drug-likeness (QED) is 0.687. The van der Waals surface area contributed by atoms with Crippen molar-refractivity contribution >= 4 is 17.2 Å². The summed E-state index contributed by atoms with van der Waals surface area (Å²) in [5.74, 6) is -0.206. The maximum Gasteiger partial charge on any atom is 0.220 e. The molecule has 0 fully saturated rings. The molecule has 4 nitrogen and oxygen atoms in total. The monoisotopic (exact) mass is 319 g/mol. The second-order valence-corrected chi connectivity index (χ2v) is 6.66. The summed E-state index contributed by atoms with van der Waals surface area (Å²) >= 11 is 1.78. The van der Waals surface area contributed by atoms with E-state index in [1.807, 2.05) is 0 Å². The van der Waals surface area contributed by atoms with Gasteiger partial charge in [0.15, 0.2) is 11.5 Å². The molecule has 0 aliphatic heterocycles. The number of hydrogen-bond acceptors (Lipinski definition) is 4. The lowest BCUT2D eigenvalue weighted by Crippen LogP contribution is -2.25. The number of carbonyl (C=O) groups excluding carboxylic acids is 1. The third kappa shape index (κ3) is 5.07. The molecule has 1 heterocycles. The number of nitrogens with one attached hydrogen (secondary N) is 1. The number of phenolic OH excluding ortho intramolecular Hbond substituents is 2. The van der Waals surface area contributed by atoms with Crippen LogP contribution in [0.2, 0.25) is 0 Å². The number of carbonyl (C=O) groups is 1. The van der Waals surface area contributed by atoms with Gasteiger partial charge in [-0.15, -0.1) is 11.3 Å². The van der Waals surface area contributed by atoms with E-state index in [1.165, 1.54) is 21.9 Å². The van der Waals surface area contributed by atoms with Crippen molar-refractivity contribution in [3.63, 3.8) is 0 Å². The third-order valence-corrected chi connectivity index (χ3v) is 4.46. The van der Waals surface area contributed by atoms with E-state index in [1.54, 1.807) is 17.4 Å². The molecule has 1 amide bonds. The molecule has 0 saturated heterocycles. The molecular weight excluding hydrogens is 298 g/mol. The highest BCUT2D eigenvalue weighted by Crippen LogP contribution is 2.24. The van der Waals surface area contributed by atoms with Gasteiger partial charge in [-0.25, -0.2) is 0 Å². The summed E-state index contributed by atoms with van der Waals surface area (Å²) in [5.41, 5.74) is 0.879. The van der Waals surface area contributed by atoms with Gasteiger partial charge in [-0.05, 0) is 56.0 Å². The molecule has 5 heteroatoms. The van der Waals surface area contributed by atoms with E-state index in [0.717, 1.165) is 18.4 Å². The fourth-order valence-corrected chi connectivity index (χ4v) is 3.13. The van der Waals surface area contributed by atoms with Crippen molar-refractivity contribution < 1.29 is 15.0 Å². The molecule has 118 valence electrons. The fraction of sp³-hybridized carbons (Fsp3) is 0.353. The van der Waals surface area contributed by atoms with Crippen LogP contribution in [-0.4, -0.2) is 22.7 Å². The van der Waals surface area contributed by atoms with E-state index in [4.69, 9.17) is 0 Å². The largest absolute Gasteiger partial charge is 0.504 e. The third-order valence-electron chi connectivity index (χ3n) is 3.40. The normalized spacial score (nSPS) is 10.6. The number of aromatic hydroxyl groups is 2. The molecule has 0 aliphatic rings. The van der Waals surface area contributed by atoms with Crippen LogP contribution in [0.4, 0.5) is 0 Å².